The van der Waals surface area contributed by atoms with Gasteiger partial charge in [0.05, 0.1) is 24.8 Å². The van der Waals surface area contributed by atoms with Crippen LogP contribution in [0.4, 0.5) is 0 Å². The lowest BCUT2D eigenvalue weighted by molar-refractivity contribution is 0.0882. The molecule has 0 unspecified atom stereocenters. The highest BCUT2D eigenvalue weighted by atomic mass is 35.5. The van der Waals surface area contributed by atoms with Crippen LogP contribution in [0, 0.1) is 11.8 Å². The van der Waals surface area contributed by atoms with Crippen molar-refractivity contribution in [3.63, 3.8) is 0 Å². The van der Waals surface area contributed by atoms with Gasteiger partial charge in [-0.15, -0.1) is 12.4 Å². The van der Waals surface area contributed by atoms with E-state index in [1.54, 1.807) is 12.1 Å². The molecule has 1 atom stereocenters. The van der Waals surface area contributed by atoms with Crippen LogP contribution in [0.5, 0.6) is 11.5 Å². The van der Waals surface area contributed by atoms with Crippen molar-refractivity contribution in [2.45, 2.75) is 50.3 Å². The van der Waals surface area contributed by atoms with Crippen LogP contribution in [0.15, 0.2) is 77.7 Å². The van der Waals surface area contributed by atoms with Gasteiger partial charge in [-0.25, -0.2) is 12.7 Å². The second kappa shape index (κ2) is 12.8. The average molecular weight is 581 g/mol. The van der Waals surface area contributed by atoms with E-state index < -0.39 is 15.9 Å². The summed E-state index contributed by atoms with van der Waals surface area (Å²) in [6, 6.07) is 22.4. The number of hydrogen-bond acceptors (Lipinski definition) is 6. The Labute approximate surface area is 242 Å². The van der Waals surface area contributed by atoms with Gasteiger partial charge in [-0.05, 0) is 56.0 Å². The fourth-order valence-electron chi connectivity index (χ4n) is 4.91. The standard InChI is InChI=1S/C31H32N2O5S.ClH/c1-23(2)37-28-15-10-13-25-17-18-26(38-30(25)28)22-32(21-24-11-4-3-5-12-24)19-8-9-20-33-31(34)27-14-6-7-16-29(27)39(33,35)36;/h3-7,10-16,23,26H,17-22H2,1-2H3;1H/t26-;/m1./s1. The van der Waals surface area contributed by atoms with Gasteiger partial charge in [-0.2, -0.15) is 0 Å². The number of rotatable bonds is 8. The number of amides is 1. The molecule has 7 nitrogen and oxygen atoms in total. The minimum atomic E-state index is -3.87. The van der Waals surface area contributed by atoms with Gasteiger partial charge in [-0.3, -0.25) is 9.69 Å². The highest BCUT2D eigenvalue weighted by Crippen LogP contribution is 2.37. The summed E-state index contributed by atoms with van der Waals surface area (Å²) >= 11 is 0. The van der Waals surface area contributed by atoms with E-state index in [4.69, 9.17) is 9.47 Å². The minimum Gasteiger partial charge on any atom is -0.487 e. The van der Waals surface area contributed by atoms with Crippen molar-refractivity contribution in [2.75, 3.05) is 19.6 Å². The Balaban J connectivity index is 0.00000370. The number of ether oxygens (including phenoxy) is 2. The molecule has 0 radical (unpaired) electrons. The monoisotopic (exact) mass is 580 g/mol. The highest BCUT2D eigenvalue weighted by molar-refractivity contribution is 7.90. The molecule has 0 aliphatic carbocycles. The molecular weight excluding hydrogens is 548 g/mol. The fourth-order valence-corrected chi connectivity index (χ4v) is 6.38. The summed E-state index contributed by atoms with van der Waals surface area (Å²) in [6.07, 6.45) is 1.77. The Morgan fingerprint density at radius 3 is 2.52 bits per heavy atom. The van der Waals surface area contributed by atoms with Crippen LogP contribution in [0.25, 0.3) is 0 Å². The fraction of sp³-hybridized carbons (Fsp3) is 0.323. The SMILES string of the molecule is CC(C)Oc1cccc2c1O[C@@H](CN(CC#CCN1C(=O)c3ccccc3S1(=O)=O)Cc1ccccc1)CC2.Cl. The van der Waals surface area contributed by atoms with Crippen molar-refractivity contribution in [1.82, 2.24) is 9.21 Å². The molecule has 9 heteroatoms. The van der Waals surface area contributed by atoms with Crippen LogP contribution >= 0.6 is 12.4 Å². The van der Waals surface area contributed by atoms with Gasteiger partial charge < -0.3 is 9.47 Å². The number of aryl methyl sites for hydroxylation is 1. The van der Waals surface area contributed by atoms with E-state index in [-0.39, 0.29) is 41.6 Å². The second-order valence-corrected chi connectivity index (χ2v) is 11.8. The summed E-state index contributed by atoms with van der Waals surface area (Å²) in [7, 11) is -3.87. The zero-order valence-electron chi connectivity index (χ0n) is 22.6. The molecule has 0 N–H and O–H groups in total. The first-order chi connectivity index (χ1) is 18.8. The first-order valence-corrected chi connectivity index (χ1v) is 14.6. The maximum atomic E-state index is 12.8. The number of carbonyl (C=O) groups is 1. The maximum absolute atomic E-state index is 12.8. The van der Waals surface area contributed by atoms with Crippen LogP contribution in [0.3, 0.4) is 0 Å². The first kappa shape index (κ1) is 29.5. The van der Waals surface area contributed by atoms with E-state index in [9.17, 15) is 13.2 Å². The molecule has 0 aromatic heterocycles. The van der Waals surface area contributed by atoms with Crippen LogP contribution in [0.1, 0.15) is 41.8 Å². The lowest BCUT2D eigenvalue weighted by Gasteiger charge is -2.31. The molecule has 3 aromatic carbocycles. The van der Waals surface area contributed by atoms with E-state index in [1.807, 2.05) is 44.2 Å². The summed E-state index contributed by atoms with van der Waals surface area (Å²) in [5.41, 5.74) is 2.49. The van der Waals surface area contributed by atoms with Crippen LogP contribution in [-0.2, 0) is 23.0 Å². The van der Waals surface area contributed by atoms with Crippen LogP contribution in [-0.4, -0.2) is 55.4 Å². The van der Waals surface area contributed by atoms with Crippen molar-refractivity contribution in [3.05, 3.63) is 89.5 Å². The molecule has 0 fully saturated rings. The van der Waals surface area contributed by atoms with Gasteiger partial charge in [0.2, 0.25) is 0 Å². The average Bonchev–Trinajstić information content (AvgIpc) is 3.12. The molecule has 0 saturated heterocycles. The third-order valence-corrected chi connectivity index (χ3v) is 8.50. The molecule has 3 aromatic rings. The zero-order valence-corrected chi connectivity index (χ0v) is 24.2. The van der Waals surface area contributed by atoms with E-state index in [1.165, 1.54) is 12.1 Å². The molecular formula is C31H33ClN2O5S. The number of sulfonamides is 1. The normalized spacial score (nSPS) is 16.9. The van der Waals surface area contributed by atoms with Gasteiger partial charge >= 0.3 is 0 Å². The van der Waals surface area contributed by atoms with Gasteiger partial charge in [0.25, 0.3) is 15.9 Å². The predicted molar refractivity (Wildman–Crippen MR) is 156 cm³/mol. The summed E-state index contributed by atoms with van der Waals surface area (Å²) in [4.78, 5) is 14.9. The molecule has 0 bridgehead atoms. The Hall–Kier alpha value is -3.51. The molecule has 2 heterocycles. The maximum Gasteiger partial charge on any atom is 0.269 e. The molecule has 1 amide bonds. The number of fused-ring (bicyclic) bond motifs is 2. The molecule has 2 aliphatic heterocycles. The lowest BCUT2D eigenvalue weighted by atomic mass is 10.0. The highest BCUT2D eigenvalue weighted by Gasteiger charge is 2.40. The number of carbonyl (C=O) groups excluding carboxylic acids is 1. The first-order valence-electron chi connectivity index (χ1n) is 13.2. The third-order valence-electron chi connectivity index (χ3n) is 6.72. The number of halogens is 1. The molecule has 210 valence electrons. The van der Waals surface area contributed by atoms with Gasteiger partial charge in [0.1, 0.15) is 11.0 Å². The quantitative estimate of drug-likeness (QED) is 0.351. The summed E-state index contributed by atoms with van der Waals surface area (Å²) in [5.74, 6) is 7.06. The lowest BCUT2D eigenvalue weighted by Crippen LogP contribution is -2.38. The van der Waals surface area contributed by atoms with E-state index >= 15 is 0 Å². The predicted octanol–water partition coefficient (Wildman–Crippen LogP) is 4.94. The Morgan fingerprint density at radius 2 is 1.77 bits per heavy atom. The summed E-state index contributed by atoms with van der Waals surface area (Å²) in [6.45, 7) is 5.53. The summed E-state index contributed by atoms with van der Waals surface area (Å²) < 4.78 is 38.9. The van der Waals surface area contributed by atoms with Crippen LogP contribution in [0.2, 0.25) is 0 Å². The second-order valence-electron chi connectivity index (χ2n) is 10.0. The van der Waals surface area contributed by atoms with E-state index in [0.29, 0.717) is 19.6 Å². The van der Waals surface area contributed by atoms with Crippen molar-refractivity contribution >= 4 is 28.3 Å². The number of para-hydroxylation sites is 1. The molecule has 5 rings (SSSR count). The number of benzene rings is 3. The number of nitrogens with zero attached hydrogens (tertiary/aromatic N) is 2. The van der Waals surface area contributed by atoms with Gasteiger partial charge in [-0.1, -0.05) is 66.4 Å². The molecule has 40 heavy (non-hydrogen) atoms. The summed E-state index contributed by atoms with van der Waals surface area (Å²) in [5, 5.41) is 0. The van der Waals surface area contributed by atoms with E-state index in [2.05, 4.69) is 34.9 Å². The Morgan fingerprint density at radius 1 is 1.02 bits per heavy atom. The molecule has 2 aliphatic rings. The van der Waals surface area contributed by atoms with Crippen molar-refractivity contribution in [3.8, 4) is 23.3 Å². The minimum absolute atomic E-state index is 0. The van der Waals surface area contributed by atoms with Crippen molar-refractivity contribution in [1.29, 1.82) is 0 Å². The zero-order chi connectivity index (χ0) is 27.4. The largest absolute Gasteiger partial charge is 0.487 e. The number of hydrogen-bond donors (Lipinski definition) is 0. The molecule has 0 spiro atoms. The van der Waals surface area contributed by atoms with Crippen molar-refractivity contribution < 1.29 is 22.7 Å². The topological polar surface area (TPSA) is 76.2 Å². The van der Waals surface area contributed by atoms with Gasteiger partial charge in [0, 0.05) is 13.1 Å². The Kier molecular flexibility index (Phi) is 9.41. The third kappa shape index (κ3) is 6.44. The molecule has 0 saturated carbocycles. The van der Waals surface area contributed by atoms with Gasteiger partial charge in [0.15, 0.2) is 11.5 Å². The Bertz CT molecular complexity index is 1520. The van der Waals surface area contributed by atoms with Crippen molar-refractivity contribution in [2.24, 2.45) is 0 Å². The van der Waals surface area contributed by atoms with Crippen LogP contribution < -0.4 is 9.47 Å². The van der Waals surface area contributed by atoms with E-state index in [0.717, 1.165) is 39.8 Å². The smallest absolute Gasteiger partial charge is 0.269 e.